The number of aromatic nitrogens is 2. The molecule has 0 saturated carbocycles. The summed E-state index contributed by atoms with van der Waals surface area (Å²) in [6.45, 7) is 3.38. The van der Waals surface area contributed by atoms with Gasteiger partial charge in [-0.15, -0.1) is 11.3 Å². The summed E-state index contributed by atoms with van der Waals surface area (Å²) in [6, 6.07) is 4.33. The highest BCUT2D eigenvalue weighted by atomic mass is 32.2. The van der Waals surface area contributed by atoms with Crippen LogP contribution in [0.4, 0.5) is 15.1 Å². The summed E-state index contributed by atoms with van der Waals surface area (Å²) in [5.74, 6) is -0.335. The van der Waals surface area contributed by atoms with Crippen LogP contribution in [0.5, 0.6) is 0 Å². The smallest absolute Gasteiger partial charge is 0.323 e. The molecule has 0 aliphatic carbocycles. The van der Waals surface area contributed by atoms with Gasteiger partial charge in [-0.25, -0.2) is 23.2 Å². The van der Waals surface area contributed by atoms with Gasteiger partial charge in [0.05, 0.1) is 27.2 Å². The summed E-state index contributed by atoms with van der Waals surface area (Å²) in [5, 5.41) is 7.88. The average Bonchev–Trinajstić information content (AvgIpc) is 3.38. The van der Waals surface area contributed by atoms with Crippen LogP contribution >= 0.6 is 22.7 Å². The van der Waals surface area contributed by atoms with E-state index in [1.54, 1.807) is 21.2 Å². The maximum absolute atomic E-state index is 12.4. The zero-order chi connectivity index (χ0) is 24.5. The summed E-state index contributed by atoms with van der Waals surface area (Å²) in [7, 11) is -3.33. The monoisotopic (exact) mass is 522 g/mol. The number of amides is 4. The van der Waals surface area contributed by atoms with E-state index < -0.39 is 9.84 Å². The minimum absolute atomic E-state index is 0.00578. The van der Waals surface area contributed by atoms with Crippen molar-refractivity contribution in [1.29, 1.82) is 0 Å². The first kappa shape index (κ1) is 24.0. The molecule has 11 nitrogen and oxygen atoms in total. The van der Waals surface area contributed by atoms with Crippen molar-refractivity contribution in [2.75, 3.05) is 43.1 Å². The van der Waals surface area contributed by atoms with Gasteiger partial charge in [-0.2, -0.15) is 0 Å². The van der Waals surface area contributed by atoms with Crippen molar-refractivity contribution in [1.82, 2.24) is 19.8 Å². The van der Waals surface area contributed by atoms with E-state index in [0.29, 0.717) is 52.4 Å². The number of urea groups is 1. The number of carbonyl (C=O) groups excluding carboxylic acids is 3. The third kappa shape index (κ3) is 5.69. The van der Waals surface area contributed by atoms with Gasteiger partial charge in [-0.1, -0.05) is 11.3 Å². The lowest BCUT2D eigenvalue weighted by Gasteiger charge is -2.33. The van der Waals surface area contributed by atoms with Crippen LogP contribution < -0.4 is 10.6 Å². The fraction of sp³-hybridized carbons (Fsp3) is 0.350. The Morgan fingerprint density at radius 3 is 2.41 bits per heavy atom. The lowest BCUT2D eigenvalue weighted by atomic mass is 10.3. The SMILES string of the molecule is CC(=O)N1CCN(C(=O)Nc2nc(CC(=O)Nc3nc4ccc(S(C)(=O)=O)cc4s3)cs2)CC1. The van der Waals surface area contributed by atoms with Crippen LogP contribution in [0.1, 0.15) is 12.6 Å². The fourth-order valence-electron chi connectivity index (χ4n) is 3.36. The van der Waals surface area contributed by atoms with Gasteiger partial charge in [0.15, 0.2) is 20.1 Å². The minimum atomic E-state index is -3.33. The molecule has 14 heteroatoms. The van der Waals surface area contributed by atoms with Crippen LogP contribution in [0.3, 0.4) is 0 Å². The number of hydrogen-bond donors (Lipinski definition) is 2. The van der Waals surface area contributed by atoms with Crippen LogP contribution in [-0.4, -0.2) is 78.5 Å². The van der Waals surface area contributed by atoms with Crippen LogP contribution in [0.15, 0.2) is 28.5 Å². The largest absolute Gasteiger partial charge is 0.339 e. The van der Waals surface area contributed by atoms with Crippen LogP contribution in [0.25, 0.3) is 10.2 Å². The van der Waals surface area contributed by atoms with E-state index in [4.69, 9.17) is 0 Å². The van der Waals surface area contributed by atoms with Crippen molar-refractivity contribution in [3.8, 4) is 0 Å². The normalized spacial score (nSPS) is 14.3. The molecular weight excluding hydrogens is 500 g/mol. The number of hydrogen-bond acceptors (Lipinski definition) is 9. The van der Waals surface area contributed by atoms with Crippen molar-refractivity contribution in [3.63, 3.8) is 0 Å². The van der Waals surface area contributed by atoms with Crippen molar-refractivity contribution in [2.45, 2.75) is 18.2 Å². The quantitative estimate of drug-likeness (QED) is 0.522. The van der Waals surface area contributed by atoms with Crippen LogP contribution in [-0.2, 0) is 25.8 Å². The first-order chi connectivity index (χ1) is 16.1. The predicted octanol–water partition coefficient (Wildman–Crippen LogP) is 2.03. The number of rotatable bonds is 5. The highest BCUT2D eigenvalue weighted by molar-refractivity contribution is 7.90. The Bertz CT molecular complexity index is 1360. The first-order valence-electron chi connectivity index (χ1n) is 10.2. The van der Waals surface area contributed by atoms with Gasteiger partial charge in [-0.3, -0.25) is 14.9 Å². The molecule has 3 heterocycles. The number of piperazine rings is 1. The third-order valence-corrected chi connectivity index (χ3v) is 8.00. The lowest BCUT2D eigenvalue weighted by Crippen LogP contribution is -2.51. The number of fused-ring (bicyclic) bond motifs is 1. The summed E-state index contributed by atoms with van der Waals surface area (Å²) in [6.07, 6.45) is 1.13. The van der Waals surface area contributed by atoms with E-state index >= 15 is 0 Å². The summed E-state index contributed by atoms with van der Waals surface area (Å²) in [5.41, 5.74) is 1.09. The Balaban J connectivity index is 1.32. The summed E-state index contributed by atoms with van der Waals surface area (Å²) < 4.78 is 24.1. The van der Waals surface area contributed by atoms with Crippen LogP contribution in [0, 0.1) is 0 Å². The van der Waals surface area contributed by atoms with Gasteiger partial charge in [0.25, 0.3) is 0 Å². The highest BCUT2D eigenvalue weighted by Gasteiger charge is 2.23. The van der Waals surface area contributed by atoms with Gasteiger partial charge in [0, 0.05) is 44.7 Å². The summed E-state index contributed by atoms with van der Waals surface area (Å²) in [4.78, 5) is 48.4. The molecule has 180 valence electrons. The molecule has 2 aromatic heterocycles. The molecule has 4 rings (SSSR count). The predicted molar refractivity (Wildman–Crippen MR) is 130 cm³/mol. The van der Waals surface area contributed by atoms with E-state index in [0.717, 1.165) is 6.26 Å². The zero-order valence-corrected chi connectivity index (χ0v) is 20.8. The second-order valence-electron chi connectivity index (χ2n) is 7.71. The maximum Gasteiger partial charge on any atom is 0.323 e. The van der Waals surface area contributed by atoms with Gasteiger partial charge in [-0.05, 0) is 18.2 Å². The van der Waals surface area contributed by atoms with Gasteiger partial charge >= 0.3 is 6.03 Å². The molecule has 1 fully saturated rings. The number of carbonyl (C=O) groups is 3. The van der Waals surface area contributed by atoms with E-state index in [-0.39, 0.29) is 29.2 Å². The second kappa shape index (κ2) is 9.64. The molecule has 0 bridgehead atoms. The van der Waals surface area contributed by atoms with Crippen molar-refractivity contribution >= 4 is 70.8 Å². The van der Waals surface area contributed by atoms with Crippen molar-refractivity contribution < 1.29 is 22.8 Å². The molecule has 34 heavy (non-hydrogen) atoms. The number of sulfone groups is 1. The molecule has 0 spiro atoms. The van der Waals surface area contributed by atoms with E-state index in [1.807, 2.05) is 0 Å². The average molecular weight is 523 g/mol. The fourth-order valence-corrected chi connectivity index (χ4v) is 5.70. The first-order valence-corrected chi connectivity index (χ1v) is 13.8. The lowest BCUT2D eigenvalue weighted by molar-refractivity contribution is -0.130. The molecule has 3 aromatic rings. The molecule has 0 unspecified atom stereocenters. The van der Waals surface area contributed by atoms with E-state index in [2.05, 4.69) is 20.6 Å². The maximum atomic E-state index is 12.4. The minimum Gasteiger partial charge on any atom is -0.339 e. The van der Waals surface area contributed by atoms with Crippen molar-refractivity contribution in [3.05, 3.63) is 29.3 Å². The Morgan fingerprint density at radius 1 is 1.03 bits per heavy atom. The van der Waals surface area contributed by atoms with E-state index in [9.17, 15) is 22.8 Å². The molecule has 1 aliphatic heterocycles. The molecular formula is C20H22N6O5S3. The zero-order valence-electron chi connectivity index (χ0n) is 18.4. The number of nitrogens with one attached hydrogen (secondary N) is 2. The van der Waals surface area contributed by atoms with Crippen LogP contribution in [0.2, 0.25) is 0 Å². The Kier molecular flexibility index (Phi) is 6.81. The second-order valence-corrected chi connectivity index (χ2v) is 11.6. The Morgan fingerprint density at radius 2 is 1.74 bits per heavy atom. The molecule has 1 aliphatic rings. The van der Waals surface area contributed by atoms with E-state index in [1.165, 1.54) is 41.7 Å². The highest BCUT2D eigenvalue weighted by Crippen LogP contribution is 2.28. The van der Waals surface area contributed by atoms with Gasteiger partial charge in [0.1, 0.15) is 0 Å². The number of thiazole rings is 2. The number of nitrogens with zero attached hydrogens (tertiary/aromatic N) is 4. The van der Waals surface area contributed by atoms with Gasteiger partial charge < -0.3 is 15.1 Å². The molecule has 1 saturated heterocycles. The summed E-state index contributed by atoms with van der Waals surface area (Å²) >= 11 is 2.40. The molecule has 4 amide bonds. The molecule has 2 N–H and O–H groups in total. The standard InChI is InChI=1S/C20H22N6O5S3/c1-12(27)25-5-7-26(8-6-25)20(29)24-18-21-13(11-32-18)9-17(28)23-19-22-15-4-3-14(34(2,30)31)10-16(15)33-19/h3-4,10-11H,5-9H2,1-2H3,(H,21,24,29)(H,22,23,28). The van der Waals surface area contributed by atoms with Crippen molar-refractivity contribution in [2.24, 2.45) is 0 Å². The molecule has 1 aromatic carbocycles. The Hall–Kier alpha value is -3.10. The van der Waals surface area contributed by atoms with Gasteiger partial charge in [0.2, 0.25) is 11.8 Å². The number of benzene rings is 1. The number of anilines is 2. The topological polar surface area (TPSA) is 142 Å². The third-order valence-electron chi connectivity index (χ3n) is 5.15. The molecule has 0 atom stereocenters. The molecule has 0 radical (unpaired) electrons. The Labute approximate surface area is 203 Å².